The molecule has 0 aromatic heterocycles. The quantitative estimate of drug-likeness (QED) is 0.750. The predicted octanol–water partition coefficient (Wildman–Crippen LogP) is 2.95. The van der Waals surface area contributed by atoms with Crippen molar-refractivity contribution in [2.24, 2.45) is 5.92 Å². The van der Waals surface area contributed by atoms with E-state index in [0.717, 1.165) is 12.5 Å². The molecule has 3 heteroatoms. The molecule has 0 aromatic carbocycles. The fraction of sp³-hybridized carbons (Fsp3) is 0.938. The fourth-order valence-corrected chi connectivity index (χ4v) is 3.35. The molecular formula is C16H30N2O. The summed E-state index contributed by atoms with van der Waals surface area (Å²) < 4.78 is 0. The van der Waals surface area contributed by atoms with Crippen molar-refractivity contribution in [1.82, 2.24) is 10.2 Å². The third kappa shape index (κ3) is 4.48. The molecule has 1 N–H and O–H groups in total. The lowest BCUT2D eigenvalue weighted by Gasteiger charge is -2.26. The summed E-state index contributed by atoms with van der Waals surface area (Å²) >= 11 is 0. The van der Waals surface area contributed by atoms with E-state index in [4.69, 9.17) is 0 Å². The maximum absolute atomic E-state index is 12.2. The standard InChI is InChI=1S/C16H30N2O/c1-3-18(15-10-11-15)16(19)12-17-13(2)14-8-6-4-5-7-9-14/h13-15,17H,3-12H2,1-2H3/t13-/m0/s1. The Bertz CT molecular complexity index is 280. The number of likely N-dealkylation sites (N-methyl/N-ethyl adjacent to an activating group) is 1. The zero-order valence-corrected chi connectivity index (χ0v) is 12.7. The number of carbonyl (C=O) groups excluding carboxylic acids is 1. The summed E-state index contributed by atoms with van der Waals surface area (Å²) in [5, 5.41) is 3.49. The van der Waals surface area contributed by atoms with Crippen molar-refractivity contribution in [3.05, 3.63) is 0 Å². The molecule has 0 saturated heterocycles. The molecule has 1 atom stereocenters. The van der Waals surface area contributed by atoms with Gasteiger partial charge in [0.05, 0.1) is 6.54 Å². The van der Waals surface area contributed by atoms with Crippen molar-refractivity contribution in [3.8, 4) is 0 Å². The highest BCUT2D eigenvalue weighted by atomic mass is 16.2. The van der Waals surface area contributed by atoms with Crippen LogP contribution in [0.2, 0.25) is 0 Å². The zero-order valence-electron chi connectivity index (χ0n) is 12.7. The van der Waals surface area contributed by atoms with Gasteiger partial charge in [-0.25, -0.2) is 0 Å². The first-order valence-electron chi connectivity index (χ1n) is 8.25. The highest BCUT2D eigenvalue weighted by molar-refractivity contribution is 5.78. The number of hydrogen-bond donors (Lipinski definition) is 1. The topological polar surface area (TPSA) is 32.3 Å². The molecule has 2 aliphatic carbocycles. The molecule has 2 aliphatic rings. The third-order valence-electron chi connectivity index (χ3n) is 4.83. The van der Waals surface area contributed by atoms with E-state index in [1.807, 2.05) is 4.90 Å². The molecule has 2 fully saturated rings. The van der Waals surface area contributed by atoms with Crippen LogP contribution < -0.4 is 5.32 Å². The van der Waals surface area contributed by atoms with Gasteiger partial charge in [0.2, 0.25) is 5.91 Å². The maximum Gasteiger partial charge on any atom is 0.236 e. The van der Waals surface area contributed by atoms with E-state index in [-0.39, 0.29) is 0 Å². The van der Waals surface area contributed by atoms with E-state index in [1.165, 1.54) is 51.4 Å². The van der Waals surface area contributed by atoms with Gasteiger partial charge in [0.1, 0.15) is 0 Å². The Morgan fingerprint density at radius 1 is 1.16 bits per heavy atom. The average Bonchev–Trinajstić information content (AvgIpc) is 3.23. The van der Waals surface area contributed by atoms with Gasteiger partial charge in [-0.1, -0.05) is 25.7 Å². The second kappa shape index (κ2) is 7.28. The normalized spacial score (nSPS) is 22.8. The molecule has 0 aliphatic heterocycles. The van der Waals surface area contributed by atoms with Gasteiger partial charge in [0, 0.05) is 18.6 Å². The molecule has 0 heterocycles. The van der Waals surface area contributed by atoms with Gasteiger partial charge in [-0.05, 0) is 45.4 Å². The van der Waals surface area contributed by atoms with Crippen molar-refractivity contribution in [1.29, 1.82) is 0 Å². The predicted molar refractivity (Wildman–Crippen MR) is 79.1 cm³/mol. The van der Waals surface area contributed by atoms with Crippen molar-refractivity contribution < 1.29 is 4.79 Å². The number of carbonyl (C=O) groups is 1. The Hall–Kier alpha value is -0.570. The van der Waals surface area contributed by atoms with E-state index in [2.05, 4.69) is 19.2 Å². The Balaban J connectivity index is 1.72. The highest BCUT2D eigenvalue weighted by Gasteiger charge is 2.31. The van der Waals surface area contributed by atoms with Crippen molar-refractivity contribution in [2.45, 2.75) is 77.3 Å². The molecule has 0 radical (unpaired) electrons. The fourth-order valence-electron chi connectivity index (χ4n) is 3.35. The minimum atomic E-state index is 0.297. The van der Waals surface area contributed by atoms with E-state index >= 15 is 0 Å². The Morgan fingerprint density at radius 2 is 1.79 bits per heavy atom. The van der Waals surface area contributed by atoms with Crippen LogP contribution >= 0.6 is 0 Å². The second-order valence-electron chi connectivity index (χ2n) is 6.33. The molecule has 0 spiro atoms. The van der Waals surface area contributed by atoms with Crippen molar-refractivity contribution >= 4 is 5.91 Å². The summed E-state index contributed by atoms with van der Waals surface area (Å²) in [7, 11) is 0. The maximum atomic E-state index is 12.2. The van der Waals surface area contributed by atoms with E-state index in [0.29, 0.717) is 24.5 Å². The number of hydrogen-bond acceptors (Lipinski definition) is 2. The first kappa shape index (κ1) is 14.8. The van der Waals surface area contributed by atoms with Crippen molar-refractivity contribution in [3.63, 3.8) is 0 Å². The number of rotatable bonds is 6. The molecule has 3 nitrogen and oxygen atoms in total. The van der Waals surface area contributed by atoms with Gasteiger partial charge < -0.3 is 10.2 Å². The van der Waals surface area contributed by atoms with Crippen LogP contribution in [0, 0.1) is 5.92 Å². The summed E-state index contributed by atoms with van der Waals surface area (Å²) in [6.45, 7) is 5.74. The molecule has 1 amide bonds. The highest BCUT2D eigenvalue weighted by Crippen LogP contribution is 2.27. The van der Waals surface area contributed by atoms with Gasteiger partial charge in [0.25, 0.3) is 0 Å². The van der Waals surface area contributed by atoms with Gasteiger partial charge >= 0.3 is 0 Å². The second-order valence-corrected chi connectivity index (χ2v) is 6.33. The lowest BCUT2D eigenvalue weighted by atomic mass is 9.93. The minimum absolute atomic E-state index is 0.297. The number of nitrogens with one attached hydrogen (secondary N) is 1. The number of amides is 1. The van der Waals surface area contributed by atoms with Crippen molar-refractivity contribution in [2.75, 3.05) is 13.1 Å². The van der Waals surface area contributed by atoms with Crippen LogP contribution in [0.15, 0.2) is 0 Å². The van der Waals surface area contributed by atoms with Gasteiger partial charge in [-0.2, -0.15) is 0 Å². The lowest BCUT2D eigenvalue weighted by molar-refractivity contribution is -0.130. The summed E-state index contributed by atoms with van der Waals surface area (Å²) in [6.07, 6.45) is 10.6. The summed E-state index contributed by atoms with van der Waals surface area (Å²) in [6, 6.07) is 1.03. The van der Waals surface area contributed by atoms with Crippen LogP contribution in [0.4, 0.5) is 0 Å². The van der Waals surface area contributed by atoms with Crippen LogP contribution in [0.3, 0.4) is 0 Å². The monoisotopic (exact) mass is 266 g/mol. The third-order valence-corrected chi connectivity index (χ3v) is 4.83. The average molecular weight is 266 g/mol. The van der Waals surface area contributed by atoms with E-state index in [1.54, 1.807) is 0 Å². The Kier molecular flexibility index (Phi) is 5.68. The molecule has 0 unspecified atom stereocenters. The van der Waals surface area contributed by atoms with Crippen LogP contribution in [-0.4, -0.2) is 36.0 Å². The molecule has 0 bridgehead atoms. The first-order chi connectivity index (χ1) is 9.22. The molecule has 2 saturated carbocycles. The molecular weight excluding hydrogens is 236 g/mol. The minimum Gasteiger partial charge on any atom is -0.339 e. The van der Waals surface area contributed by atoms with Gasteiger partial charge in [0.15, 0.2) is 0 Å². The first-order valence-corrected chi connectivity index (χ1v) is 8.25. The zero-order chi connectivity index (χ0) is 13.7. The van der Waals surface area contributed by atoms with Gasteiger partial charge in [-0.3, -0.25) is 4.79 Å². The van der Waals surface area contributed by atoms with Gasteiger partial charge in [-0.15, -0.1) is 0 Å². The van der Waals surface area contributed by atoms with E-state index in [9.17, 15) is 4.79 Å². The summed E-state index contributed by atoms with van der Waals surface area (Å²) in [5.41, 5.74) is 0. The summed E-state index contributed by atoms with van der Waals surface area (Å²) in [5.74, 6) is 1.07. The van der Waals surface area contributed by atoms with Crippen LogP contribution in [0.5, 0.6) is 0 Å². The largest absolute Gasteiger partial charge is 0.339 e. The Morgan fingerprint density at radius 3 is 2.32 bits per heavy atom. The molecule has 0 aromatic rings. The SMILES string of the molecule is CCN(C(=O)CN[C@@H](C)C1CCCCCC1)C1CC1. The van der Waals surface area contributed by atoms with E-state index < -0.39 is 0 Å². The van der Waals surface area contributed by atoms with Crippen LogP contribution in [0.1, 0.15) is 65.2 Å². The molecule has 2 rings (SSSR count). The Labute approximate surface area is 118 Å². The lowest BCUT2D eigenvalue weighted by Crippen LogP contribution is -2.43. The summed E-state index contributed by atoms with van der Waals surface area (Å²) in [4.78, 5) is 14.2. The number of nitrogens with zero attached hydrogens (tertiary/aromatic N) is 1. The smallest absolute Gasteiger partial charge is 0.236 e. The molecule has 110 valence electrons. The van der Waals surface area contributed by atoms with Crippen LogP contribution in [-0.2, 0) is 4.79 Å². The van der Waals surface area contributed by atoms with Crippen LogP contribution in [0.25, 0.3) is 0 Å². The molecule has 19 heavy (non-hydrogen) atoms.